The lowest BCUT2D eigenvalue weighted by Crippen LogP contribution is -2.28. The lowest BCUT2D eigenvalue weighted by atomic mass is 10.1. The summed E-state index contributed by atoms with van der Waals surface area (Å²) < 4.78 is 5.39. The summed E-state index contributed by atoms with van der Waals surface area (Å²) in [5, 5.41) is 21.0. The molecule has 0 aliphatic rings. The average Bonchev–Trinajstić information content (AvgIpc) is 2.44. The number of nitrogens with one attached hydrogen (secondary N) is 1. The number of hydrogen-bond acceptors (Lipinski definition) is 4. The predicted molar refractivity (Wildman–Crippen MR) is 74.8 cm³/mol. The summed E-state index contributed by atoms with van der Waals surface area (Å²) in [7, 11) is 0. The van der Waals surface area contributed by atoms with E-state index in [-0.39, 0.29) is 6.61 Å². The molecule has 0 heterocycles. The van der Waals surface area contributed by atoms with Crippen molar-refractivity contribution in [2.24, 2.45) is 0 Å². The molecule has 0 aliphatic carbocycles. The predicted octanol–water partition coefficient (Wildman–Crippen LogP) is 2.23. The van der Waals surface area contributed by atoms with Gasteiger partial charge in [-0.25, -0.2) is 0 Å². The lowest BCUT2D eigenvalue weighted by Gasteiger charge is -2.16. The van der Waals surface area contributed by atoms with Gasteiger partial charge < -0.3 is 15.2 Å². The zero-order valence-electron chi connectivity index (χ0n) is 11.6. The Kier molecular flexibility index (Phi) is 6.94. The van der Waals surface area contributed by atoms with Gasteiger partial charge in [-0.05, 0) is 37.5 Å². The van der Waals surface area contributed by atoms with Crippen LogP contribution in [0.1, 0.15) is 32.3 Å². The number of rotatable bonds is 8. The number of nitrogens with zero attached hydrogens (tertiary/aromatic N) is 1. The summed E-state index contributed by atoms with van der Waals surface area (Å²) in [5.41, 5.74) is 1.16. The fourth-order valence-corrected chi connectivity index (χ4v) is 1.78. The minimum absolute atomic E-state index is 0.213. The Morgan fingerprint density at radius 1 is 1.37 bits per heavy atom. The summed E-state index contributed by atoms with van der Waals surface area (Å²) in [5.74, 6) is 0.709. The molecule has 0 amide bonds. The minimum Gasteiger partial charge on any atom is -0.476 e. The van der Waals surface area contributed by atoms with Crippen molar-refractivity contribution >= 4 is 0 Å². The molecule has 19 heavy (non-hydrogen) atoms. The van der Waals surface area contributed by atoms with Crippen molar-refractivity contribution < 1.29 is 9.84 Å². The highest BCUT2D eigenvalue weighted by atomic mass is 16.5. The first-order valence-electron chi connectivity index (χ1n) is 6.69. The lowest BCUT2D eigenvalue weighted by molar-refractivity contribution is 0.262. The Morgan fingerprint density at radius 2 is 2.05 bits per heavy atom. The van der Waals surface area contributed by atoms with Gasteiger partial charge in [0.05, 0.1) is 0 Å². The second kappa shape index (κ2) is 8.52. The second-order valence-electron chi connectivity index (χ2n) is 4.53. The van der Waals surface area contributed by atoms with Crippen LogP contribution >= 0.6 is 0 Å². The molecule has 0 radical (unpaired) electrons. The smallest absolute Gasteiger partial charge is 0.181 e. The van der Waals surface area contributed by atoms with Crippen LogP contribution in [-0.4, -0.2) is 23.9 Å². The van der Waals surface area contributed by atoms with Crippen LogP contribution in [0.3, 0.4) is 0 Å². The van der Waals surface area contributed by atoms with Crippen molar-refractivity contribution in [3.63, 3.8) is 0 Å². The maximum Gasteiger partial charge on any atom is 0.181 e. The first-order chi connectivity index (χ1) is 9.19. The number of nitriles is 1. The van der Waals surface area contributed by atoms with Crippen LogP contribution < -0.4 is 10.1 Å². The molecule has 0 bridgehead atoms. The molecule has 104 valence electrons. The molecule has 1 rings (SSSR count). The molecule has 2 atom stereocenters. The number of ether oxygens (including phenoxy) is 1. The molecule has 0 saturated carbocycles. The monoisotopic (exact) mass is 262 g/mol. The van der Waals surface area contributed by atoms with Crippen LogP contribution in [0.5, 0.6) is 5.75 Å². The second-order valence-corrected chi connectivity index (χ2v) is 4.53. The zero-order valence-corrected chi connectivity index (χ0v) is 11.6. The van der Waals surface area contributed by atoms with E-state index in [9.17, 15) is 0 Å². The van der Waals surface area contributed by atoms with Crippen LogP contribution in [-0.2, 0) is 6.54 Å². The third-order valence-corrected chi connectivity index (χ3v) is 2.98. The Hall–Kier alpha value is -1.57. The standard InChI is InChI=1S/C15H22N2O2/c1-3-14(8-9-18)17-11-13-4-6-15(7-5-13)19-12(2)10-16/h4-7,12,14,17-18H,3,8-9,11H2,1-2H3. The Labute approximate surface area is 115 Å². The summed E-state index contributed by atoms with van der Waals surface area (Å²) >= 11 is 0. The summed E-state index contributed by atoms with van der Waals surface area (Å²) in [6.45, 7) is 4.81. The largest absolute Gasteiger partial charge is 0.476 e. The van der Waals surface area contributed by atoms with Crippen LogP contribution in [0.15, 0.2) is 24.3 Å². The van der Waals surface area contributed by atoms with Gasteiger partial charge in [-0.2, -0.15) is 5.26 Å². The number of benzene rings is 1. The fraction of sp³-hybridized carbons (Fsp3) is 0.533. The van der Waals surface area contributed by atoms with E-state index in [0.717, 1.165) is 24.9 Å². The van der Waals surface area contributed by atoms with Gasteiger partial charge in [0, 0.05) is 19.2 Å². The molecule has 0 aromatic heterocycles. The molecule has 0 saturated heterocycles. The third-order valence-electron chi connectivity index (χ3n) is 2.98. The minimum atomic E-state index is -0.432. The summed E-state index contributed by atoms with van der Waals surface area (Å²) in [6.07, 6.45) is 1.34. The van der Waals surface area contributed by atoms with Crippen LogP contribution in [0.25, 0.3) is 0 Å². The molecule has 0 aliphatic heterocycles. The molecule has 1 aromatic rings. The highest BCUT2D eigenvalue weighted by Crippen LogP contribution is 2.14. The van der Waals surface area contributed by atoms with Gasteiger partial charge in [0.2, 0.25) is 0 Å². The average molecular weight is 262 g/mol. The van der Waals surface area contributed by atoms with E-state index < -0.39 is 6.10 Å². The van der Waals surface area contributed by atoms with Crippen molar-refractivity contribution in [3.8, 4) is 11.8 Å². The van der Waals surface area contributed by atoms with E-state index >= 15 is 0 Å². The van der Waals surface area contributed by atoms with E-state index in [4.69, 9.17) is 15.1 Å². The molecule has 2 unspecified atom stereocenters. The summed E-state index contributed by atoms with van der Waals surface area (Å²) in [4.78, 5) is 0. The van der Waals surface area contributed by atoms with Gasteiger partial charge in [-0.3, -0.25) is 0 Å². The van der Waals surface area contributed by atoms with Crippen molar-refractivity contribution in [2.75, 3.05) is 6.61 Å². The number of aliphatic hydroxyl groups excluding tert-OH is 1. The molecule has 0 fully saturated rings. The van der Waals surface area contributed by atoms with Crippen molar-refractivity contribution in [1.82, 2.24) is 5.32 Å². The van der Waals surface area contributed by atoms with E-state index in [1.54, 1.807) is 6.92 Å². The SMILES string of the molecule is CCC(CCO)NCc1ccc(OC(C)C#N)cc1. The van der Waals surface area contributed by atoms with Gasteiger partial charge in [0.1, 0.15) is 11.8 Å². The Balaban J connectivity index is 2.46. The molecule has 0 spiro atoms. The highest BCUT2D eigenvalue weighted by molar-refractivity contribution is 5.27. The van der Waals surface area contributed by atoms with Gasteiger partial charge in [-0.15, -0.1) is 0 Å². The molecule has 4 nitrogen and oxygen atoms in total. The van der Waals surface area contributed by atoms with E-state index in [1.807, 2.05) is 30.3 Å². The molecule has 2 N–H and O–H groups in total. The van der Waals surface area contributed by atoms with E-state index in [0.29, 0.717) is 11.8 Å². The topological polar surface area (TPSA) is 65.3 Å². The highest BCUT2D eigenvalue weighted by Gasteiger charge is 2.05. The van der Waals surface area contributed by atoms with E-state index in [1.165, 1.54) is 0 Å². The van der Waals surface area contributed by atoms with Gasteiger partial charge in [0.25, 0.3) is 0 Å². The number of aliphatic hydroxyl groups is 1. The van der Waals surface area contributed by atoms with Crippen LogP contribution in [0.4, 0.5) is 0 Å². The normalized spacial score (nSPS) is 13.6. The molecular weight excluding hydrogens is 240 g/mol. The Bertz CT molecular complexity index is 398. The van der Waals surface area contributed by atoms with E-state index in [2.05, 4.69) is 12.2 Å². The maximum absolute atomic E-state index is 8.93. The third kappa shape index (κ3) is 5.73. The van der Waals surface area contributed by atoms with Gasteiger partial charge >= 0.3 is 0 Å². The molecule has 4 heteroatoms. The first-order valence-corrected chi connectivity index (χ1v) is 6.69. The van der Waals surface area contributed by atoms with Gasteiger partial charge in [0.15, 0.2) is 6.10 Å². The Morgan fingerprint density at radius 3 is 2.58 bits per heavy atom. The van der Waals surface area contributed by atoms with Crippen molar-refractivity contribution in [2.45, 2.75) is 45.4 Å². The van der Waals surface area contributed by atoms with Crippen molar-refractivity contribution in [3.05, 3.63) is 29.8 Å². The molecule has 1 aromatic carbocycles. The first kappa shape index (κ1) is 15.5. The number of hydrogen-bond donors (Lipinski definition) is 2. The zero-order chi connectivity index (χ0) is 14.1. The van der Waals surface area contributed by atoms with Gasteiger partial charge in [-0.1, -0.05) is 19.1 Å². The fourth-order valence-electron chi connectivity index (χ4n) is 1.78. The summed E-state index contributed by atoms with van der Waals surface area (Å²) in [6, 6.07) is 10.1. The maximum atomic E-state index is 8.93. The molecular formula is C15H22N2O2. The van der Waals surface area contributed by atoms with Crippen LogP contribution in [0.2, 0.25) is 0 Å². The quantitative estimate of drug-likeness (QED) is 0.754. The van der Waals surface area contributed by atoms with Crippen LogP contribution in [0, 0.1) is 11.3 Å². The van der Waals surface area contributed by atoms with Crippen molar-refractivity contribution in [1.29, 1.82) is 5.26 Å².